The molecular weight excluding hydrogens is 324 g/mol. The Balaban J connectivity index is 3.06. The van der Waals surface area contributed by atoms with Gasteiger partial charge in [-0.2, -0.15) is 4.99 Å². The van der Waals surface area contributed by atoms with Crippen LogP contribution in [0.4, 0.5) is 5.69 Å². The van der Waals surface area contributed by atoms with Gasteiger partial charge in [-0.1, -0.05) is 34.5 Å². The molecule has 0 aliphatic heterocycles. The monoisotopic (exact) mass is 334 g/mol. The van der Waals surface area contributed by atoms with Gasteiger partial charge in [-0.3, -0.25) is 0 Å². The molecule has 0 radical (unpaired) electrons. The van der Waals surface area contributed by atoms with Gasteiger partial charge < -0.3 is 16.8 Å². The first kappa shape index (κ1) is 14.2. The number of aryl methyl sites for hydroxylation is 1. The molecule has 0 saturated heterocycles. The standard InChI is InChI=1S/C10H12BrClN4S/c1-2-5-3-6(11)4-7(12)8(5)15-10(17)16-9(13)14/h3-4H,2H2,1H3,(H5,13,14,15,16,17). The highest BCUT2D eigenvalue weighted by molar-refractivity contribution is 9.10. The number of guanidine groups is 1. The van der Waals surface area contributed by atoms with E-state index in [4.69, 9.17) is 35.3 Å². The molecule has 0 amide bonds. The zero-order chi connectivity index (χ0) is 13.0. The van der Waals surface area contributed by atoms with Crippen LogP contribution in [0.3, 0.4) is 0 Å². The molecule has 0 unspecified atom stereocenters. The first-order valence-electron chi connectivity index (χ1n) is 4.82. The third kappa shape index (κ3) is 4.14. The van der Waals surface area contributed by atoms with Crippen molar-refractivity contribution < 1.29 is 0 Å². The summed E-state index contributed by atoms with van der Waals surface area (Å²) in [4.78, 5) is 3.73. The molecule has 0 saturated carbocycles. The van der Waals surface area contributed by atoms with Gasteiger partial charge in [0.15, 0.2) is 5.96 Å². The van der Waals surface area contributed by atoms with Gasteiger partial charge in [0.05, 0.1) is 10.7 Å². The number of nitrogens with zero attached hydrogens (tertiary/aromatic N) is 1. The van der Waals surface area contributed by atoms with Gasteiger partial charge in [-0.25, -0.2) is 0 Å². The van der Waals surface area contributed by atoms with Gasteiger partial charge in [-0.15, -0.1) is 0 Å². The average molecular weight is 336 g/mol. The van der Waals surface area contributed by atoms with Gasteiger partial charge >= 0.3 is 0 Å². The maximum atomic E-state index is 6.13. The van der Waals surface area contributed by atoms with E-state index < -0.39 is 0 Å². The average Bonchev–Trinajstić information content (AvgIpc) is 2.20. The highest BCUT2D eigenvalue weighted by Crippen LogP contribution is 2.30. The van der Waals surface area contributed by atoms with Crippen molar-refractivity contribution in [3.63, 3.8) is 0 Å². The molecule has 0 aliphatic carbocycles. The van der Waals surface area contributed by atoms with E-state index in [2.05, 4.69) is 26.2 Å². The molecule has 0 aliphatic rings. The van der Waals surface area contributed by atoms with E-state index >= 15 is 0 Å². The number of hydrogen-bond acceptors (Lipinski definition) is 1. The van der Waals surface area contributed by atoms with Gasteiger partial charge in [0.25, 0.3) is 0 Å². The van der Waals surface area contributed by atoms with Crippen LogP contribution < -0.4 is 16.8 Å². The lowest BCUT2D eigenvalue weighted by Crippen LogP contribution is -2.25. The number of thiocarbonyl (C=S) groups is 1. The first-order chi connectivity index (χ1) is 7.93. The van der Waals surface area contributed by atoms with Crippen LogP contribution in [0.15, 0.2) is 21.6 Å². The van der Waals surface area contributed by atoms with E-state index in [1.165, 1.54) is 0 Å². The van der Waals surface area contributed by atoms with Crippen LogP contribution in [0, 0.1) is 0 Å². The maximum absolute atomic E-state index is 6.13. The summed E-state index contributed by atoms with van der Waals surface area (Å²) in [5.41, 5.74) is 12.2. The summed E-state index contributed by atoms with van der Waals surface area (Å²) in [6.07, 6.45) is 0.811. The molecule has 0 fully saturated rings. The van der Waals surface area contributed by atoms with Crippen LogP contribution in [0.2, 0.25) is 5.02 Å². The number of anilines is 1. The van der Waals surface area contributed by atoms with Crippen LogP contribution >= 0.6 is 39.7 Å². The van der Waals surface area contributed by atoms with Crippen molar-refractivity contribution in [1.82, 2.24) is 0 Å². The van der Waals surface area contributed by atoms with Crippen molar-refractivity contribution in [1.29, 1.82) is 0 Å². The third-order valence-electron chi connectivity index (χ3n) is 1.98. The predicted octanol–water partition coefficient (Wildman–Crippen LogP) is 2.64. The number of rotatable bonds is 2. The van der Waals surface area contributed by atoms with Crippen LogP contribution in [-0.4, -0.2) is 11.1 Å². The van der Waals surface area contributed by atoms with Crippen molar-refractivity contribution >= 4 is 56.5 Å². The molecule has 7 heteroatoms. The van der Waals surface area contributed by atoms with Crippen LogP contribution in [0.25, 0.3) is 0 Å². The second-order valence-electron chi connectivity index (χ2n) is 3.24. The van der Waals surface area contributed by atoms with Gasteiger partial charge in [-0.05, 0) is 36.3 Å². The molecule has 1 aromatic carbocycles. The van der Waals surface area contributed by atoms with E-state index in [1.807, 2.05) is 13.0 Å². The minimum absolute atomic E-state index is 0.0891. The lowest BCUT2D eigenvalue weighted by molar-refractivity contribution is 1.14. The lowest BCUT2D eigenvalue weighted by atomic mass is 10.1. The number of nitrogens with two attached hydrogens (primary N) is 2. The molecule has 5 N–H and O–H groups in total. The zero-order valence-electron chi connectivity index (χ0n) is 9.13. The van der Waals surface area contributed by atoms with Crippen LogP contribution in [0.1, 0.15) is 12.5 Å². The molecule has 0 spiro atoms. The fourth-order valence-corrected chi connectivity index (χ4v) is 2.43. The molecule has 92 valence electrons. The van der Waals surface area contributed by atoms with E-state index in [0.717, 1.165) is 22.1 Å². The first-order valence-corrected chi connectivity index (χ1v) is 6.40. The molecule has 0 aromatic heterocycles. The van der Waals surface area contributed by atoms with E-state index in [-0.39, 0.29) is 11.1 Å². The van der Waals surface area contributed by atoms with Crippen LogP contribution in [0.5, 0.6) is 0 Å². The summed E-state index contributed by atoms with van der Waals surface area (Å²) in [7, 11) is 0. The minimum Gasteiger partial charge on any atom is -0.370 e. The summed E-state index contributed by atoms with van der Waals surface area (Å²) in [5, 5.41) is 3.66. The fraction of sp³-hybridized carbons (Fsp3) is 0.200. The molecule has 0 bridgehead atoms. The Hall–Kier alpha value is -0.850. The number of aliphatic imine (C=N–C) groups is 1. The SMILES string of the molecule is CCc1cc(Br)cc(Cl)c1NC(=S)N=C(N)N. The zero-order valence-corrected chi connectivity index (χ0v) is 12.3. The number of nitrogens with one attached hydrogen (secondary N) is 1. The second-order valence-corrected chi connectivity index (χ2v) is 4.95. The Morgan fingerprint density at radius 1 is 1.53 bits per heavy atom. The molecule has 1 aromatic rings. The largest absolute Gasteiger partial charge is 0.370 e. The van der Waals surface area contributed by atoms with Crippen molar-refractivity contribution in [2.24, 2.45) is 16.5 Å². The van der Waals surface area contributed by atoms with Crippen molar-refractivity contribution in [3.8, 4) is 0 Å². The summed E-state index contributed by atoms with van der Waals surface area (Å²) in [5.74, 6) is -0.0891. The van der Waals surface area contributed by atoms with Crippen molar-refractivity contribution in [3.05, 3.63) is 27.2 Å². The Morgan fingerprint density at radius 2 is 2.18 bits per heavy atom. The molecule has 0 atom stereocenters. The normalized spacial score (nSPS) is 9.82. The predicted molar refractivity (Wildman–Crippen MR) is 80.6 cm³/mol. The quantitative estimate of drug-likeness (QED) is 0.441. The summed E-state index contributed by atoms with van der Waals surface area (Å²) in [6.45, 7) is 2.02. The topological polar surface area (TPSA) is 76.4 Å². The van der Waals surface area contributed by atoms with Crippen LogP contribution in [-0.2, 0) is 6.42 Å². The smallest absolute Gasteiger partial charge is 0.200 e. The minimum atomic E-state index is -0.0891. The van der Waals surface area contributed by atoms with Crippen molar-refractivity contribution in [2.75, 3.05) is 5.32 Å². The number of halogens is 2. The van der Waals surface area contributed by atoms with Gasteiger partial charge in [0.1, 0.15) is 0 Å². The van der Waals surface area contributed by atoms with Gasteiger partial charge in [0.2, 0.25) is 5.11 Å². The fourth-order valence-electron chi connectivity index (χ4n) is 1.30. The summed E-state index contributed by atoms with van der Waals surface area (Å²) in [6, 6.07) is 3.74. The summed E-state index contributed by atoms with van der Waals surface area (Å²) >= 11 is 14.5. The molecule has 17 heavy (non-hydrogen) atoms. The second kappa shape index (κ2) is 6.18. The maximum Gasteiger partial charge on any atom is 0.200 e. The molecule has 4 nitrogen and oxygen atoms in total. The van der Waals surface area contributed by atoms with E-state index in [0.29, 0.717) is 5.02 Å². The van der Waals surface area contributed by atoms with Gasteiger partial charge in [0, 0.05) is 4.47 Å². The Bertz CT molecular complexity index is 472. The third-order valence-corrected chi connectivity index (χ3v) is 2.93. The summed E-state index contributed by atoms with van der Waals surface area (Å²) < 4.78 is 0.914. The Kier molecular flexibility index (Phi) is 5.17. The molecule has 0 heterocycles. The van der Waals surface area contributed by atoms with E-state index in [9.17, 15) is 0 Å². The van der Waals surface area contributed by atoms with Crippen molar-refractivity contribution in [2.45, 2.75) is 13.3 Å². The number of hydrogen-bond donors (Lipinski definition) is 3. The lowest BCUT2D eigenvalue weighted by Gasteiger charge is -2.12. The Labute approximate surface area is 119 Å². The Morgan fingerprint density at radius 3 is 2.71 bits per heavy atom. The highest BCUT2D eigenvalue weighted by atomic mass is 79.9. The molecular formula is C10H12BrClN4S. The van der Waals surface area contributed by atoms with E-state index in [1.54, 1.807) is 6.07 Å². The highest BCUT2D eigenvalue weighted by Gasteiger charge is 2.09. The number of benzene rings is 1. The molecule has 1 rings (SSSR count).